The highest BCUT2D eigenvalue weighted by atomic mass is 16.5. The van der Waals surface area contributed by atoms with Crippen LogP contribution in [0.2, 0.25) is 0 Å². The normalized spacial score (nSPS) is 11.7. The Morgan fingerprint density at radius 1 is 0.837 bits per heavy atom. The van der Waals surface area contributed by atoms with Crippen molar-refractivity contribution in [1.82, 2.24) is 9.88 Å². The molecule has 0 aliphatic heterocycles. The second-order valence-electron chi connectivity index (χ2n) is 10.5. The van der Waals surface area contributed by atoms with Gasteiger partial charge in [0.15, 0.2) is 0 Å². The molecule has 0 fully saturated rings. The van der Waals surface area contributed by atoms with Crippen molar-refractivity contribution in [3.05, 3.63) is 156 Å². The van der Waals surface area contributed by atoms with Crippen LogP contribution in [0.15, 0.2) is 132 Å². The lowest BCUT2D eigenvalue weighted by Crippen LogP contribution is -2.24. The van der Waals surface area contributed by atoms with Crippen LogP contribution in [-0.4, -0.2) is 17.6 Å². The molecule has 1 unspecified atom stereocenters. The summed E-state index contributed by atoms with van der Waals surface area (Å²) in [4.78, 5) is 13.4. The van der Waals surface area contributed by atoms with Crippen molar-refractivity contribution >= 4 is 16.8 Å². The van der Waals surface area contributed by atoms with E-state index in [9.17, 15) is 4.79 Å². The lowest BCUT2D eigenvalue weighted by atomic mass is 9.88. The Labute approximate surface area is 251 Å². The van der Waals surface area contributed by atoms with Crippen LogP contribution in [0, 0.1) is 0 Å². The van der Waals surface area contributed by atoms with Gasteiger partial charge in [0.25, 0.3) is 0 Å². The molecule has 0 bridgehead atoms. The Balaban J connectivity index is 1.33. The molecule has 0 spiro atoms. The van der Waals surface area contributed by atoms with E-state index in [1.807, 2.05) is 66.7 Å². The van der Waals surface area contributed by atoms with Crippen molar-refractivity contribution in [2.24, 2.45) is 0 Å². The quantitative estimate of drug-likeness (QED) is 0.164. The molecule has 1 N–H and O–H groups in total. The van der Waals surface area contributed by atoms with Gasteiger partial charge in [-0.1, -0.05) is 72.8 Å². The second-order valence-corrected chi connectivity index (χ2v) is 10.5. The van der Waals surface area contributed by atoms with Gasteiger partial charge >= 0.3 is 0 Å². The molecule has 0 saturated carbocycles. The van der Waals surface area contributed by atoms with Gasteiger partial charge in [0.2, 0.25) is 5.91 Å². The summed E-state index contributed by atoms with van der Waals surface area (Å²) < 4.78 is 19.2. The van der Waals surface area contributed by atoms with Gasteiger partial charge in [-0.2, -0.15) is 0 Å². The van der Waals surface area contributed by atoms with Crippen molar-refractivity contribution in [2.75, 3.05) is 7.11 Å². The van der Waals surface area contributed by atoms with E-state index < -0.39 is 0 Å². The first-order chi connectivity index (χ1) is 21.2. The standard InChI is InChI=1S/C37H34N2O4/c1-41-30-18-16-27(17-19-30)24-39-25-35(33-14-5-6-15-36(33)39)34(22-37(40)38-23-32-13-8-20-42-32)29-11-7-12-31(21-29)43-26-28-9-3-2-4-10-28/h2-21,25,34H,22-24,26H2,1H3,(H,38,40). The molecule has 0 aliphatic carbocycles. The predicted molar refractivity (Wildman–Crippen MR) is 168 cm³/mol. The Hall–Kier alpha value is -5.23. The first-order valence-corrected chi connectivity index (χ1v) is 14.4. The highest BCUT2D eigenvalue weighted by Gasteiger charge is 2.23. The zero-order chi connectivity index (χ0) is 29.4. The van der Waals surface area contributed by atoms with Gasteiger partial charge in [-0.05, 0) is 64.7 Å². The Bertz CT molecular complexity index is 1770. The van der Waals surface area contributed by atoms with Crippen LogP contribution >= 0.6 is 0 Å². The van der Waals surface area contributed by atoms with Crippen molar-refractivity contribution in [1.29, 1.82) is 0 Å². The molecule has 6 heteroatoms. The van der Waals surface area contributed by atoms with Crippen molar-refractivity contribution in [3.8, 4) is 11.5 Å². The number of benzene rings is 4. The summed E-state index contributed by atoms with van der Waals surface area (Å²) in [6, 6.07) is 38.4. The molecule has 6 nitrogen and oxygen atoms in total. The van der Waals surface area contributed by atoms with E-state index in [0.717, 1.165) is 50.4 Å². The Morgan fingerprint density at radius 2 is 1.65 bits per heavy atom. The number of amides is 1. The van der Waals surface area contributed by atoms with E-state index in [1.165, 1.54) is 0 Å². The maximum atomic E-state index is 13.4. The second kappa shape index (κ2) is 13.2. The molecule has 0 aliphatic rings. The number of ether oxygens (including phenoxy) is 2. The number of aromatic nitrogens is 1. The van der Waals surface area contributed by atoms with Gasteiger partial charge < -0.3 is 23.8 Å². The highest BCUT2D eigenvalue weighted by Crippen LogP contribution is 2.36. The van der Waals surface area contributed by atoms with Crippen LogP contribution in [-0.2, 0) is 24.5 Å². The van der Waals surface area contributed by atoms with Gasteiger partial charge in [-0.3, -0.25) is 4.79 Å². The molecule has 2 aromatic heterocycles. The fraction of sp³-hybridized carbons (Fsp3) is 0.162. The van der Waals surface area contributed by atoms with E-state index in [-0.39, 0.29) is 18.2 Å². The number of carbonyl (C=O) groups excluding carboxylic acids is 1. The lowest BCUT2D eigenvalue weighted by Gasteiger charge is -2.18. The van der Waals surface area contributed by atoms with E-state index in [1.54, 1.807) is 13.4 Å². The monoisotopic (exact) mass is 570 g/mol. The SMILES string of the molecule is COc1ccc(Cn2cc(C(CC(=O)NCc3ccco3)c3cccc(OCc4ccccc4)c3)c3ccccc32)cc1. The average Bonchev–Trinajstić information content (AvgIpc) is 3.71. The number of methoxy groups -OCH3 is 1. The largest absolute Gasteiger partial charge is 0.497 e. The molecule has 216 valence electrons. The van der Waals surface area contributed by atoms with Crippen molar-refractivity contribution in [2.45, 2.75) is 32.0 Å². The third kappa shape index (κ3) is 6.81. The molecular formula is C37H34N2O4. The number of nitrogens with zero attached hydrogens (tertiary/aromatic N) is 1. The van der Waals surface area contributed by atoms with Crippen LogP contribution in [0.25, 0.3) is 10.9 Å². The molecule has 2 heterocycles. The summed E-state index contributed by atoms with van der Waals surface area (Å²) in [7, 11) is 1.67. The Kier molecular flexibility index (Phi) is 8.55. The maximum absolute atomic E-state index is 13.4. The molecule has 43 heavy (non-hydrogen) atoms. The first-order valence-electron chi connectivity index (χ1n) is 14.4. The Morgan fingerprint density at radius 3 is 2.44 bits per heavy atom. The molecular weight excluding hydrogens is 536 g/mol. The minimum Gasteiger partial charge on any atom is -0.497 e. The van der Waals surface area contributed by atoms with Crippen molar-refractivity contribution < 1.29 is 18.7 Å². The average molecular weight is 571 g/mol. The first kappa shape index (κ1) is 27.9. The van der Waals surface area contributed by atoms with E-state index in [0.29, 0.717) is 19.7 Å². The summed E-state index contributed by atoms with van der Waals surface area (Å²) >= 11 is 0. The lowest BCUT2D eigenvalue weighted by molar-refractivity contribution is -0.121. The van der Waals surface area contributed by atoms with Gasteiger partial charge in [0.05, 0.1) is 19.9 Å². The zero-order valence-corrected chi connectivity index (χ0v) is 24.1. The van der Waals surface area contributed by atoms with Gasteiger partial charge in [-0.25, -0.2) is 0 Å². The minimum absolute atomic E-state index is 0.0519. The van der Waals surface area contributed by atoms with Crippen molar-refractivity contribution in [3.63, 3.8) is 0 Å². The van der Waals surface area contributed by atoms with Crippen LogP contribution in [0.1, 0.15) is 40.4 Å². The third-order valence-corrected chi connectivity index (χ3v) is 7.64. The minimum atomic E-state index is -0.195. The third-order valence-electron chi connectivity index (χ3n) is 7.64. The summed E-state index contributed by atoms with van der Waals surface area (Å²) in [6.45, 7) is 1.51. The number of nitrogens with one attached hydrogen (secondary N) is 1. The topological polar surface area (TPSA) is 65.6 Å². The van der Waals surface area contributed by atoms with E-state index >= 15 is 0 Å². The molecule has 4 aromatic carbocycles. The molecule has 0 radical (unpaired) electrons. The molecule has 6 rings (SSSR count). The number of hydrogen-bond donors (Lipinski definition) is 1. The number of fused-ring (bicyclic) bond motifs is 1. The molecule has 1 amide bonds. The van der Waals surface area contributed by atoms with Crippen LogP contribution in [0.3, 0.4) is 0 Å². The summed E-state index contributed by atoms with van der Waals surface area (Å²) in [5.41, 5.74) is 5.50. The van der Waals surface area contributed by atoms with E-state index in [2.05, 4.69) is 64.6 Å². The number of para-hydroxylation sites is 1. The van der Waals surface area contributed by atoms with Gasteiger partial charge in [-0.15, -0.1) is 0 Å². The van der Waals surface area contributed by atoms with Crippen LogP contribution in [0.4, 0.5) is 0 Å². The number of rotatable bonds is 12. The molecule has 1 atom stereocenters. The summed E-state index contributed by atoms with van der Waals surface area (Å²) in [6.07, 6.45) is 4.08. The molecule has 0 saturated heterocycles. The van der Waals surface area contributed by atoms with Gasteiger partial charge in [0, 0.05) is 36.0 Å². The van der Waals surface area contributed by atoms with Crippen LogP contribution < -0.4 is 14.8 Å². The summed E-state index contributed by atoms with van der Waals surface area (Å²) in [5, 5.41) is 4.16. The number of furan rings is 1. The fourth-order valence-electron chi connectivity index (χ4n) is 5.44. The maximum Gasteiger partial charge on any atom is 0.221 e. The smallest absolute Gasteiger partial charge is 0.221 e. The highest BCUT2D eigenvalue weighted by molar-refractivity contribution is 5.87. The van der Waals surface area contributed by atoms with Gasteiger partial charge in [0.1, 0.15) is 23.9 Å². The number of carbonyl (C=O) groups is 1. The predicted octanol–water partition coefficient (Wildman–Crippen LogP) is 7.71. The van der Waals surface area contributed by atoms with Crippen LogP contribution in [0.5, 0.6) is 11.5 Å². The molecule has 6 aromatic rings. The number of hydrogen-bond acceptors (Lipinski definition) is 4. The van der Waals surface area contributed by atoms with E-state index in [4.69, 9.17) is 13.9 Å². The summed E-state index contributed by atoms with van der Waals surface area (Å²) in [5.74, 6) is 2.07. The fourth-order valence-corrected chi connectivity index (χ4v) is 5.44. The zero-order valence-electron chi connectivity index (χ0n) is 24.1.